The molecule has 2 heterocycles. The molecule has 7 nitrogen and oxygen atoms in total. The Balaban J connectivity index is 1.26. The third kappa shape index (κ3) is 4.14. The molecular formula is C21H22N4O3. The maximum Gasteiger partial charge on any atom is 0.263 e. The highest BCUT2D eigenvalue weighted by Crippen LogP contribution is 2.22. The van der Waals surface area contributed by atoms with Gasteiger partial charge in [-0.05, 0) is 31.2 Å². The first-order valence-electron chi connectivity index (χ1n) is 9.28. The van der Waals surface area contributed by atoms with Gasteiger partial charge in [0.2, 0.25) is 0 Å². The molecule has 1 fully saturated rings. The zero-order valence-electron chi connectivity index (χ0n) is 15.6. The van der Waals surface area contributed by atoms with Crippen molar-refractivity contribution in [1.29, 1.82) is 0 Å². The van der Waals surface area contributed by atoms with Crippen molar-refractivity contribution < 1.29 is 14.3 Å². The van der Waals surface area contributed by atoms with Gasteiger partial charge in [0.05, 0.1) is 12.2 Å². The molecule has 0 saturated carbocycles. The first kappa shape index (κ1) is 18.0. The lowest BCUT2D eigenvalue weighted by Crippen LogP contribution is -2.54. The Morgan fingerprint density at radius 3 is 2.39 bits per heavy atom. The summed E-state index contributed by atoms with van der Waals surface area (Å²) in [5.74, 6) is 1.47. The Morgan fingerprint density at radius 2 is 1.71 bits per heavy atom. The van der Waals surface area contributed by atoms with E-state index in [4.69, 9.17) is 9.47 Å². The fourth-order valence-electron chi connectivity index (χ4n) is 3.05. The standard InChI is InChI=1S/C21H22N4O3/c1-16(28-20-10-6-3-7-11-20)21(26)24-13-18(14-24)25-12-17(22-23-25)15-27-19-8-4-2-5-9-19/h2-12,16,18H,13-15H2,1H3. The van der Waals surface area contributed by atoms with Crippen LogP contribution in [0.4, 0.5) is 0 Å². The highest BCUT2D eigenvalue weighted by atomic mass is 16.5. The van der Waals surface area contributed by atoms with Crippen molar-refractivity contribution in [2.75, 3.05) is 13.1 Å². The van der Waals surface area contributed by atoms with Crippen LogP contribution in [0.3, 0.4) is 0 Å². The second kappa shape index (κ2) is 8.12. The lowest BCUT2D eigenvalue weighted by Gasteiger charge is -2.40. The number of hydrogen-bond donors (Lipinski definition) is 0. The number of para-hydroxylation sites is 2. The van der Waals surface area contributed by atoms with Crippen LogP contribution in [0.25, 0.3) is 0 Å². The molecule has 0 bridgehead atoms. The number of carbonyl (C=O) groups excluding carboxylic acids is 1. The van der Waals surface area contributed by atoms with Crippen molar-refractivity contribution in [2.45, 2.75) is 25.7 Å². The normalized spacial score (nSPS) is 15.0. The molecule has 0 N–H and O–H groups in total. The van der Waals surface area contributed by atoms with E-state index in [1.54, 1.807) is 16.5 Å². The molecule has 1 saturated heterocycles. The quantitative estimate of drug-likeness (QED) is 0.632. The predicted molar refractivity (Wildman–Crippen MR) is 103 cm³/mol. The zero-order valence-corrected chi connectivity index (χ0v) is 15.6. The SMILES string of the molecule is CC(Oc1ccccc1)C(=O)N1CC(n2cc(COc3ccccc3)nn2)C1. The Morgan fingerprint density at radius 1 is 1.07 bits per heavy atom. The number of nitrogens with zero attached hydrogens (tertiary/aromatic N) is 4. The predicted octanol–water partition coefficient (Wildman–Crippen LogP) is 2.71. The molecule has 1 aromatic heterocycles. The summed E-state index contributed by atoms with van der Waals surface area (Å²) in [5, 5.41) is 8.33. The molecule has 0 radical (unpaired) electrons. The molecule has 0 spiro atoms. The van der Waals surface area contributed by atoms with Gasteiger partial charge in [0.15, 0.2) is 6.10 Å². The van der Waals surface area contributed by atoms with Crippen molar-refractivity contribution in [1.82, 2.24) is 19.9 Å². The van der Waals surface area contributed by atoms with Crippen LogP contribution in [0, 0.1) is 0 Å². The minimum Gasteiger partial charge on any atom is -0.487 e. The second-order valence-electron chi connectivity index (χ2n) is 6.76. The van der Waals surface area contributed by atoms with Gasteiger partial charge >= 0.3 is 0 Å². The number of likely N-dealkylation sites (tertiary alicyclic amines) is 1. The third-order valence-electron chi connectivity index (χ3n) is 4.64. The Bertz CT molecular complexity index is 908. The maximum absolute atomic E-state index is 12.5. The monoisotopic (exact) mass is 378 g/mol. The van der Waals surface area contributed by atoms with Gasteiger partial charge in [-0.2, -0.15) is 0 Å². The summed E-state index contributed by atoms with van der Waals surface area (Å²) in [7, 11) is 0. The van der Waals surface area contributed by atoms with Gasteiger partial charge < -0.3 is 14.4 Å². The van der Waals surface area contributed by atoms with E-state index in [1.807, 2.05) is 66.9 Å². The zero-order chi connectivity index (χ0) is 19.3. The molecule has 1 unspecified atom stereocenters. The summed E-state index contributed by atoms with van der Waals surface area (Å²) >= 11 is 0. The summed E-state index contributed by atoms with van der Waals surface area (Å²) in [6, 6.07) is 19.1. The largest absolute Gasteiger partial charge is 0.487 e. The number of benzene rings is 2. The molecule has 0 aliphatic carbocycles. The highest BCUT2D eigenvalue weighted by Gasteiger charge is 2.35. The molecule has 28 heavy (non-hydrogen) atoms. The molecule has 144 valence electrons. The van der Waals surface area contributed by atoms with Crippen molar-refractivity contribution in [2.24, 2.45) is 0 Å². The van der Waals surface area contributed by atoms with Crippen LogP contribution in [0.1, 0.15) is 18.7 Å². The fraction of sp³-hybridized carbons (Fsp3) is 0.286. The number of carbonyl (C=O) groups is 1. The van der Waals surface area contributed by atoms with Gasteiger partial charge in [-0.25, -0.2) is 4.68 Å². The summed E-state index contributed by atoms with van der Waals surface area (Å²) in [6.07, 6.45) is 1.35. The van der Waals surface area contributed by atoms with Crippen LogP contribution in [0.2, 0.25) is 0 Å². The van der Waals surface area contributed by atoms with E-state index in [2.05, 4.69) is 10.3 Å². The second-order valence-corrected chi connectivity index (χ2v) is 6.76. The molecule has 1 atom stereocenters. The van der Waals surface area contributed by atoms with Gasteiger partial charge in [-0.3, -0.25) is 4.79 Å². The number of aromatic nitrogens is 3. The number of hydrogen-bond acceptors (Lipinski definition) is 5. The van der Waals surface area contributed by atoms with Gasteiger partial charge in [0.1, 0.15) is 23.8 Å². The average Bonchev–Trinajstić information content (AvgIpc) is 3.15. The topological polar surface area (TPSA) is 69.5 Å². The lowest BCUT2D eigenvalue weighted by atomic mass is 10.1. The number of ether oxygens (including phenoxy) is 2. The van der Waals surface area contributed by atoms with Gasteiger partial charge in [0.25, 0.3) is 5.91 Å². The molecule has 4 rings (SSSR count). The fourth-order valence-corrected chi connectivity index (χ4v) is 3.05. The Hall–Kier alpha value is -3.35. The van der Waals surface area contributed by atoms with E-state index in [9.17, 15) is 4.79 Å². The summed E-state index contributed by atoms with van der Waals surface area (Å²) in [4.78, 5) is 14.3. The third-order valence-corrected chi connectivity index (χ3v) is 4.64. The van der Waals surface area contributed by atoms with Crippen LogP contribution in [-0.2, 0) is 11.4 Å². The van der Waals surface area contributed by atoms with E-state index in [1.165, 1.54) is 0 Å². The van der Waals surface area contributed by atoms with Crippen molar-refractivity contribution in [3.8, 4) is 11.5 Å². The van der Waals surface area contributed by atoms with Crippen LogP contribution in [0.15, 0.2) is 66.9 Å². The average molecular weight is 378 g/mol. The first-order chi connectivity index (χ1) is 13.7. The minimum atomic E-state index is -0.520. The van der Waals surface area contributed by atoms with Crippen LogP contribution < -0.4 is 9.47 Å². The minimum absolute atomic E-state index is 0.0205. The highest BCUT2D eigenvalue weighted by molar-refractivity contribution is 5.81. The molecule has 1 amide bonds. The Kier molecular flexibility index (Phi) is 5.23. The van der Waals surface area contributed by atoms with Crippen LogP contribution in [0.5, 0.6) is 11.5 Å². The summed E-state index contributed by atoms with van der Waals surface area (Å²) in [6.45, 7) is 3.34. The first-order valence-corrected chi connectivity index (χ1v) is 9.28. The van der Waals surface area contributed by atoms with E-state index in [-0.39, 0.29) is 11.9 Å². The summed E-state index contributed by atoms with van der Waals surface area (Å²) < 4.78 is 13.2. The van der Waals surface area contributed by atoms with Crippen molar-refractivity contribution in [3.05, 3.63) is 72.6 Å². The maximum atomic E-state index is 12.5. The lowest BCUT2D eigenvalue weighted by molar-refractivity contribution is -0.144. The van der Waals surface area contributed by atoms with Crippen molar-refractivity contribution >= 4 is 5.91 Å². The van der Waals surface area contributed by atoms with Crippen molar-refractivity contribution in [3.63, 3.8) is 0 Å². The molecular weight excluding hydrogens is 356 g/mol. The van der Waals surface area contributed by atoms with Gasteiger partial charge in [-0.1, -0.05) is 41.6 Å². The van der Waals surface area contributed by atoms with Gasteiger partial charge in [0, 0.05) is 13.1 Å². The molecule has 1 aliphatic heterocycles. The van der Waals surface area contributed by atoms with E-state index >= 15 is 0 Å². The summed E-state index contributed by atoms with van der Waals surface area (Å²) in [5.41, 5.74) is 0.759. The molecule has 2 aromatic carbocycles. The van der Waals surface area contributed by atoms with Crippen LogP contribution >= 0.6 is 0 Å². The van der Waals surface area contributed by atoms with Crippen LogP contribution in [-0.4, -0.2) is 45.0 Å². The Labute approximate surface area is 163 Å². The van der Waals surface area contributed by atoms with E-state index in [0.717, 1.165) is 11.4 Å². The van der Waals surface area contributed by atoms with Gasteiger partial charge in [-0.15, -0.1) is 5.10 Å². The van der Waals surface area contributed by atoms with E-state index < -0.39 is 6.10 Å². The van der Waals surface area contributed by atoms with E-state index in [0.29, 0.717) is 25.4 Å². The number of amides is 1. The molecule has 1 aliphatic rings. The molecule has 7 heteroatoms. The smallest absolute Gasteiger partial charge is 0.263 e. The molecule has 3 aromatic rings. The number of rotatable bonds is 7.